The van der Waals surface area contributed by atoms with Crippen molar-refractivity contribution < 1.29 is 14.4 Å². The standard InChI is InChI=1S/C37H40BrN7O3/c1-21-6-9-31(38)41-34(21)42-35(48)29-16-37(15-24-13-36(14-24)10-4-5-11-36)17-30(37)45(29)32(47)20-44-28-8-7-25(26-18-39-23(3)40-19-26)12-27(28)33(43-44)22(2)46/h6-9,12,18-19,24,29-30H,4-5,10-11,13-17,20H2,1-3H3,(H,41,42,48)/t29-,30?,37-/m0/s1. The summed E-state index contributed by atoms with van der Waals surface area (Å²) < 4.78 is 2.26. The molecular formula is C37H40BrN7O3. The van der Waals surface area contributed by atoms with Gasteiger partial charge < -0.3 is 10.2 Å². The summed E-state index contributed by atoms with van der Waals surface area (Å²) in [4.78, 5) is 56.1. The molecule has 11 heteroatoms. The molecule has 4 fully saturated rings. The molecule has 3 aliphatic carbocycles. The molecule has 3 saturated carbocycles. The molecule has 4 aromatic rings. The van der Waals surface area contributed by atoms with Crippen molar-refractivity contribution in [1.29, 1.82) is 0 Å². The first-order chi connectivity index (χ1) is 23.0. The molecule has 8 rings (SSSR count). The van der Waals surface area contributed by atoms with Crippen LogP contribution in [0.4, 0.5) is 5.82 Å². The van der Waals surface area contributed by atoms with Crippen LogP contribution >= 0.6 is 15.9 Å². The predicted molar refractivity (Wildman–Crippen MR) is 185 cm³/mol. The van der Waals surface area contributed by atoms with Gasteiger partial charge in [0.15, 0.2) is 5.78 Å². The van der Waals surface area contributed by atoms with Crippen LogP contribution in [0, 0.1) is 30.6 Å². The van der Waals surface area contributed by atoms with Crippen LogP contribution in [0.1, 0.15) is 86.6 Å². The van der Waals surface area contributed by atoms with Gasteiger partial charge in [-0.2, -0.15) is 5.10 Å². The Morgan fingerprint density at radius 1 is 0.979 bits per heavy atom. The fraction of sp³-hybridized carbons (Fsp3) is 0.486. The second-order valence-electron chi connectivity index (χ2n) is 14.9. The third kappa shape index (κ3) is 5.44. The quantitative estimate of drug-likeness (QED) is 0.157. The van der Waals surface area contributed by atoms with E-state index in [2.05, 4.69) is 41.3 Å². The number of fused-ring (bicyclic) bond motifs is 2. The second-order valence-corrected chi connectivity index (χ2v) is 15.7. The number of anilines is 1. The van der Waals surface area contributed by atoms with E-state index in [9.17, 15) is 14.4 Å². The number of hydrogen-bond donors (Lipinski definition) is 1. The molecule has 0 bridgehead atoms. The number of aryl methyl sites for hydroxylation is 2. The zero-order valence-corrected chi connectivity index (χ0v) is 29.2. The number of likely N-dealkylation sites (tertiary alicyclic amines) is 1. The van der Waals surface area contributed by atoms with Gasteiger partial charge in [0.05, 0.1) is 5.52 Å². The maximum absolute atomic E-state index is 14.4. The number of Topliss-reactive ketones (excluding diaryl/α,β-unsaturated/α-hetero) is 1. The van der Waals surface area contributed by atoms with Gasteiger partial charge in [-0.3, -0.25) is 19.1 Å². The molecule has 4 aliphatic rings. The SMILES string of the molecule is CC(=O)c1nn(CC(=O)N2C3C[C@]3(CC3CC4(CCCC4)C3)C[C@H]2C(=O)Nc2nc(Br)ccc2C)c2ccc(-c3cnc(C)nc3)cc12. The number of halogens is 1. The summed E-state index contributed by atoms with van der Waals surface area (Å²) in [5.41, 5.74) is 4.09. The summed E-state index contributed by atoms with van der Waals surface area (Å²) in [5.74, 6) is 1.30. The monoisotopic (exact) mass is 709 g/mol. The fourth-order valence-electron chi connectivity index (χ4n) is 9.25. The zero-order valence-electron chi connectivity index (χ0n) is 27.6. The molecule has 10 nitrogen and oxygen atoms in total. The number of aromatic nitrogens is 5. The van der Waals surface area contributed by atoms with Crippen LogP contribution < -0.4 is 5.32 Å². The molecule has 4 heterocycles. The Balaban J connectivity index is 1.07. The first-order valence-corrected chi connectivity index (χ1v) is 17.9. The Labute approximate surface area is 288 Å². The lowest BCUT2D eigenvalue weighted by molar-refractivity contribution is -0.138. The van der Waals surface area contributed by atoms with Crippen molar-refractivity contribution in [2.45, 2.75) is 97.2 Å². The number of carbonyl (C=O) groups excluding carboxylic acids is 3. The van der Waals surface area contributed by atoms with Gasteiger partial charge in [0.1, 0.15) is 34.5 Å². The Morgan fingerprint density at radius 2 is 1.73 bits per heavy atom. The number of nitrogens with one attached hydrogen (secondary N) is 1. The minimum absolute atomic E-state index is 0.0238. The van der Waals surface area contributed by atoms with E-state index in [1.807, 2.05) is 49.1 Å². The average Bonchev–Trinajstić information content (AvgIpc) is 3.36. The number of carbonyl (C=O) groups is 3. The van der Waals surface area contributed by atoms with Crippen LogP contribution in [0.5, 0.6) is 0 Å². The van der Waals surface area contributed by atoms with Crippen molar-refractivity contribution >= 4 is 50.2 Å². The summed E-state index contributed by atoms with van der Waals surface area (Å²) in [6, 6.07) is 8.92. The van der Waals surface area contributed by atoms with Gasteiger partial charge in [0, 0.05) is 36.3 Å². The highest BCUT2D eigenvalue weighted by molar-refractivity contribution is 9.10. The number of benzene rings is 1. The maximum Gasteiger partial charge on any atom is 0.248 e. The average molecular weight is 711 g/mol. The topological polar surface area (TPSA) is 123 Å². The van der Waals surface area contributed by atoms with Crippen molar-refractivity contribution in [1.82, 2.24) is 29.6 Å². The lowest BCUT2D eigenvalue weighted by atomic mass is 9.58. The summed E-state index contributed by atoms with van der Waals surface area (Å²) in [5, 5.41) is 8.36. The Hall–Kier alpha value is -3.99. The van der Waals surface area contributed by atoms with Gasteiger partial charge in [-0.1, -0.05) is 25.0 Å². The lowest BCUT2D eigenvalue weighted by Crippen LogP contribution is -2.47. The van der Waals surface area contributed by atoms with Crippen molar-refractivity contribution in [2.75, 3.05) is 5.32 Å². The van der Waals surface area contributed by atoms with E-state index in [0.717, 1.165) is 29.5 Å². The van der Waals surface area contributed by atoms with Gasteiger partial charge in [0.25, 0.3) is 0 Å². The van der Waals surface area contributed by atoms with E-state index in [1.165, 1.54) is 45.4 Å². The normalized spacial score (nSPS) is 24.1. The molecule has 1 aliphatic heterocycles. The molecule has 3 aromatic heterocycles. The molecule has 1 spiro atoms. The second kappa shape index (κ2) is 11.6. The lowest BCUT2D eigenvalue weighted by Gasteiger charge is -2.47. The van der Waals surface area contributed by atoms with E-state index >= 15 is 0 Å². The van der Waals surface area contributed by atoms with Crippen LogP contribution in [0.15, 0.2) is 47.3 Å². The van der Waals surface area contributed by atoms with Crippen molar-refractivity contribution in [3.63, 3.8) is 0 Å². The van der Waals surface area contributed by atoms with Gasteiger partial charge in [0.2, 0.25) is 11.8 Å². The molecule has 48 heavy (non-hydrogen) atoms. The van der Waals surface area contributed by atoms with Crippen LogP contribution in [-0.4, -0.2) is 59.3 Å². The Morgan fingerprint density at radius 3 is 2.46 bits per heavy atom. The van der Waals surface area contributed by atoms with E-state index in [-0.39, 0.29) is 35.6 Å². The van der Waals surface area contributed by atoms with Crippen molar-refractivity contribution in [3.8, 4) is 11.1 Å². The van der Waals surface area contributed by atoms with E-state index in [1.54, 1.807) is 17.1 Å². The Bertz CT molecular complexity index is 1960. The minimum Gasteiger partial charge on any atom is -0.325 e. The van der Waals surface area contributed by atoms with Gasteiger partial charge in [-0.25, -0.2) is 15.0 Å². The van der Waals surface area contributed by atoms with Crippen LogP contribution in [0.2, 0.25) is 0 Å². The van der Waals surface area contributed by atoms with E-state index in [0.29, 0.717) is 50.6 Å². The summed E-state index contributed by atoms with van der Waals surface area (Å²) in [7, 11) is 0. The molecule has 1 N–H and O–H groups in total. The molecular weight excluding hydrogens is 670 g/mol. The highest BCUT2D eigenvalue weighted by atomic mass is 79.9. The highest BCUT2D eigenvalue weighted by Gasteiger charge is 2.68. The smallest absolute Gasteiger partial charge is 0.248 e. The maximum atomic E-state index is 14.4. The first kappa shape index (κ1) is 31.3. The number of pyridine rings is 1. The summed E-state index contributed by atoms with van der Waals surface area (Å²) >= 11 is 3.42. The molecule has 1 aromatic carbocycles. The first-order valence-electron chi connectivity index (χ1n) is 17.1. The molecule has 2 amide bonds. The third-order valence-corrected chi connectivity index (χ3v) is 12.0. The Kier molecular flexibility index (Phi) is 7.54. The van der Waals surface area contributed by atoms with Crippen LogP contribution in [0.25, 0.3) is 22.0 Å². The third-order valence-electron chi connectivity index (χ3n) is 11.6. The fourth-order valence-corrected chi connectivity index (χ4v) is 9.56. The molecule has 248 valence electrons. The number of rotatable bonds is 8. The van der Waals surface area contributed by atoms with Crippen LogP contribution in [-0.2, 0) is 16.1 Å². The zero-order chi connectivity index (χ0) is 33.4. The largest absolute Gasteiger partial charge is 0.325 e. The number of ketones is 1. The molecule has 3 atom stereocenters. The summed E-state index contributed by atoms with van der Waals surface area (Å²) in [6.07, 6.45) is 14.2. The van der Waals surface area contributed by atoms with Crippen molar-refractivity contribution in [2.24, 2.45) is 16.7 Å². The van der Waals surface area contributed by atoms with Gasteiger partial charge in [-0.05, 0) is 121 Å². The summed E-state index contributed by atoms with van der Waals surface area (Å²) in [6.45, 7) is 5.17. The molecule has 0 radical (unpaired) electrons. The molecule has 1 saturated heterocycles. The van der Waals surface area contributed by atoms with E-state index < -0.39 is 6.04 Å². The van der Waals surface area contributed by atoms with Crippen molar-refractivity contribution in [3.05, 3.63) is 64.4 Å². The number of piperidine rings is 1. The van der Waals surface area contributed by atoms with Gasteiger partial charge in [-0.15, -0.1) is 0 Å². The highest BCUT2D eigenvalue weighted by Crippen LogP contribution is 2.67. The number of hydrogen-bond acceptors (Lipinski definition) is 7. The van der Waals surface area contributed by atoms with Gasteiger partial charge >= 0.3 is 0 Å². The number of amides is 2. The molecule has 1 unspecified atom stereocenters. The number of nitrogens with zero attached hydrogens (tertiary/aromatic N) is 6. The van der Waals surface area contributed by atoms with Crippen LogP contribution in [0.3, 0.4) is 0 Å². The minimum atomic E-state index is -0.598. The van der Waals surface area contributed by atoms with E-state index in [4.69, 9.17) is 0 Å². The predicted octanol–water partition coefficient (Wildman–Crippen LogP) is 6.83.